The summed E-state index contributed by atoms with van der Waals surface area (Å²) in [6.07, 6.45) is 2.61. The second-order valence-corrected chi connectivity index (χ2v) is 6.00. The summed E-state index contributed by atoms with van der Waals surface area (Å²) in [7, 11) is 1.65. The highest BCUT2D eigenvalue weighted by Gasteiger charge is 2.22. The standard InChI is InChI=1S/C19H19N5O/c1-13-7-8-17(25-2)15(11-13)21-18-12-20-23-19(22-18)24-10-9-14-5-3-4-6-16(14)24/h3-8,11-12H,9-10H2,1-2H3,(H,21,22,23). The fourth-order valence-corrected chi connectivity index (χ4v) is 3.07. The molecule has 0 atom stereocenters. The highest BCUT2D eigenvalue weighted by atomic mass is 16.5. The minimum atomic E-state index is 0.599. The van der Waals surface area contributed by atoms with Gasteiger partial charge in [0, 0.05) is 12.2 Å². The molecule has 1 aliphatic heterocycles. The number of hydrogen-bond donors (Lipinski definition) is 1. The molecule has 25 heavy (non-hydrogen) atoms. The smallest absolute Gasteiger partial charge is 0.251 e. The Morgan fingerprint density at radius 2 is 2.04 bits per heavy atom. The summed E-state index contributed by atoms with van der Waals surface area (Å²) in [4.78, 5) is 6.74. The number of ether oxygens (including phenoxy) is 1. The highest BCUT2D eigenvalue weighted by molar-refractivity contribution is 5.68. The molecule has 0 amide bonds. The van der Waals surface area contributed by atoms with Gasteiger partial charge >= 0.3 is 0 Å². The van der Waals surface area contributed by atoms with Crippen LogP contribution < -0.4 is 15.0 Å². The van der Waals surface area contributed by atoms with E-state index in [9.17, 15) is 0 Å². The molecule has 4 rings (SSSR count). The summed E-state index contributed by atoms with van der Waals surface area (Å²) >= 11 is 0. The van der Waals surface area contributed by atoms with Gasteiger partial charge in [0.05, 0.1) is 19.0 Å². The van der Waals surface area contributed by atoms with Gasteiger partial charge in [0.2, 0.25) is 0 Å². The molecule has 0 bridgehead atoms. The van der Waals surface area contributed by atoms with Crippen molar-refractivity contribution in [1.29, 1.82) is 0 Å². The van der Waals surface area contributed by atoms with Crippen LogP contribution in [0.5, 0.6) is 5.75 Å². The van der Waals surface area contributed by atoms with Crippen LogP contribution in [0.25, 0.3) is 0 Å². The molecule has 0 saturated heterocycles. The van der Waals surface area contributed by atoms with Crippen LogP contribution in [-0.4, -0.2) is 28.8 Å². The van der Waals surface area contributed by atoms with Gasteiger partial charge in [-0.3, -0.25) is 0 Å². The molecular formula is C19H19N5O. The van der Waals surface area contributed by atoms with Crippen molar-refractivity contribution in [2.45, 2.75) is 13.3 Å². The van der Waals surface area contributed by atoms with Gasteiger partial charge in [0.25, 0.3) is 5.95 Å². The Morgan fingerprint density at radius 1 is 1.16 bits per heavy atom. The molecule has 0 aliphatic carbocycles. The first kappa shape index (κ1) is 15.4. The van der Waals surface area contributed by atoms with Crippen LogP contribution in [0.15, 0.2) is 48.7 Å². The summed E-state index contributed by atoms with van der Waals surface area (Å²) in [5.74, 6) is 2.00. The number of nitrogens with zero attached hydrogens (tertiary/aromatic N) is 4. The molecule has 6 nitrogen and oxygen atoms in total. The number of methoxy groups -OCH3 is 1. The number of rotatable bonds is 4. The normalized spacial score (nSPS) is 12.8. The molecule has 2 aromatic carbocycles. The predicted molar refractivity (Wildman–Crippen MR) is 98.0 cm³/mol. The molecule has 1 N–H and O–H groups in total. The molecule has 2 heterocycles. The number of anilines is 4. The number of para-hydroxylation sites is 1. The second-order valence-electron chi connectivity index (χ2n) is 6.00. The number of hydrogen-bond acceptors (Lipinski definition) is 6. The number of benzene rings is 2. The van der Waals surface area contributed by atoms with E-state index in [0.29, 0.717) is 11.8 Å². The maximum absolute atomic E-state index is 5.41. The third kappa shape index (κ3) is 2.98. The fourth-order valence-electron chi connectivity index (χ4n) is 3.07. The first-order valence-corrected chi connectivity index (χ1v) is 8.21. The summed E-state index contributed by atoms with van der Waals surface area (Å²) in [5, 5.41) is 11.6. The molecule has 1 aliphatic rings. The van der Waals surface area contributed by atoms with Crippen LogP contribution in [0.2, 0.25) is 0 Å². The van der Waals surface area contributed by atoms with E-state index in [0.717, 1.165) is 35.7 Å². The van der Waals surface area contributed by atoms with Crippen molar-refractivity contribution in [3.8, 4) is 5.75 Å². The van der Waals surface area contributed by atoms with Gasteiger partial charge < -0.3 is 15.0 Å². The first-order chi connectivity index (χ1) is 12.2. The molecule has 6 heteroatoms. The van der Waals surface area contributed by atoms with E-state index in [2.05, 4.69) is 43.6 Å². The summed E-state index contributed by atoms with van der Waals surface area (Å²) in [5.41, 5.74) is 4.45. The number of aryl methyl sites for hydroxylation is 1. The van der Waals surface area contributed by atoms with Crippen molar-refractivity contribution >= 4 is 23.1 Å². The Hall–Kier alpha value is -3.15. The van der Waals surface area contributed by atoms with Crippen LogP contribution in [0, 0.1) is 6.92 Å². The second kappa shape index (κ2) is 6.39. The zero-order chi connectivity index (χ0) is 17.2. The third-order valence-corrected chi connectivity index (χ3v) is 4.29. The monoisotopic (exact) mass is 333 g/mol. The van der Waals surface area contributed by atoms with Gasteiger partial charge in [-0.2, -0.15) is 10.1 Å². The third-order valence-electron chi connectivity index (χ3n) is 4.29. The van der Waals surface area contributed by atoms with Crippen molar-refractivity contribution in [3.63, 3.8) is 0 Å². The minimum Gasteiger partial charge on any atom is -0.495 e. The lowest BCUT2D eigenvalue weighted by Gasteiger charge is -2.17. The van der Waals surface area contributed by atoms with Crippen LogP contribution in [-0.2, 0) is 6.42 Å². The average Bonchev–Trinajstić information content (AvgIpc) is 3.06. The van der Waals surface area contributed by atoms with Crippen molar-refractivity contribution in [2.24, 2.45) is 0 Å². The Bertz CT molecular complexity index is 912. The summed E-state index contributed by atoms with van der Waals surface area (Å²) < 4.78 is 5.41. The SMILES string of the molecule is COc1ccc(C)cc1Nc1cnnc(N2CCc3ccccc32)n1. The molecule has 126 valence electrons. The first-order valence-electron chi connectivity index (χ1n) is 8.21. The van der Waals surface area contributed by atoms with Gasteiger partial charge in [-0.25, -0.2) is 0 Å². The average molecular weight is 333 g/mol. The van der Waals surface area contributed by atoms with Gasteiger partial charge in [-0.1, -0.05) is 24.3 Å². The lowest BCUT2D eigenvalue weighted by molar-refractivity contribution is 0.416. The van der Waals surface area contributed by atoms with Gasteiger partial charge in [0.15, 0.2) is 5.82 Å². The number of fused-ring (bicyclic) bond motifs is 1. The topological polar surface area (TPSA) is 63.2 Å². The predicted octanol–water partition coefficient (Wildman–Crippen LogP) is 3.63. The number of nitrogens with one attached hydrogen (secondary N) is 1. The summed E-state index contributed by atoms with van der Waals surface area (Å²) in [6, 6.07) is 14.3. The number of aromatic nitrogens is 3. The largest absolute Gasteiger partial charge is 0.495 e. The molecule has 3 aromatic rings. The Kier molecular flexibility index (Phi) is 3.93. The van der Waals surface area contributed by atoms with E-state index in [1.54, 1.807) is 13.3 Å². The Balaban J connectivity index is 1.64. The van der Waals surface area contributed by atoms with Crippen molar-refractivity contribution in [3.05, 3.63) is 59.8 Å². The van der Waals surface area contributed by atoms with Gasteiger partial charge in [0.1, 0.15) is 5.75 Å². The maximum atomic E-state index is 5.41. The Labute approximate surface area is 146 Å². The molecule has 0 radical (unpaired) electrons. The van der Waals surface area contributed by atoms with E-state index in [4.69, 9.17) is 4.74 Å². The van der Waals surface area contributed by atoms with E-state index in [1.165, 1.54) is 5.56 Å². The van der Waals surface area contributed by atoms with Crippen LogP contribution >= 0.6 is 0 Å². The lowest BCUT2D eigenvalue weighted by atomic mass is 10.2. The van der Waals surface area contributed by atoms with Crippen LogP contribution in [0.3, 0.4) is 0 Å². The minimum absolute atomic E-state index is 0.599. The van der Waals surface area contributed by atoms with E-state index in [-0.39, 0.29) is 0 Å². The maximum Gasteiger partial charge on any atom is 0.251 e. The van der Waals surface area contributed by atoms with Crippen LogP contribution in [0.1, 0.15) is 11.1 Å². The Morgan fingerprint density at radius 3 is 2.92 bits per heavy atom. The van der Waals surface area contributed by atoms with Gasteiger partial charge in [-0.15, -0.1) is 5.10 Å². The quantitative estimate of drug-likeness (QED) is 0.787. The highest BCUT2D eigenvalue weighted by Crippen LogP contribution is 2.33. The molecular weight excluding hydrogens is 314 g/mol. The van der Waals surface area contributed by atoms with Crippen molar-refractivity contribution < 1.29 is 4.74 Å². The van der Waals surface area contributed by atoms with E-state index >= 15 is 0 Å². The van der Waals surface area contributed by atoms with Gasteiger partial charge in [-0.05, 0) is 42.7 Å². The van der Waals surface area contributed by atoms with E-state index < -0.39 is 0 Å². The van der Waals surface area contributed by atoms with E-state index in [1.807, 2.05) is 31.2 Å². The van der Waals surface area contributed by atoms with Crippen molar-refractivity contribution in [1.82, 2.24) is 15.2 Å². The molecule has 0 saturated carbocycles. The zero-order valence-corrected chi connectivity index (χ0v) is 14.2. The summed E-state index contributed by atoms with van der Waals surface area (Å²) in [6.45, 7) is 2.90. The molecule has 0 spiro atoms. The lowest BCUT2D eigenvalue weighted by Crippen LogP contribution is -2.17. The molecule has 0 fully saturated rings. The zero-order valence-electron chi connectivity index (χ0n) is 14.2. The van der Waals surface area contributed by atoms with Crippen molar-refractivity contribution in [2.75, 3.05) is 23.9 Å². The fraction of sp³-hybridized carbons (Fsp3) is 0.211. The van der Waals surface area contributed by atoms with Crippen LogP contribution in [0.4, 0.5) is 23.1 Å². The molecule has 0 unspecified atom stereocenters. The molecule has 1 aromatic heterocycles.